The van der Waals surface area contributed by atoms with Gasteiger partial charge >= 0.3 is 77.6 Å². The number of rotatable bonds is 40. The third-order valence-electron chi connectivity index (χ3n) is 14.6. The zero-order valence-corrected chi connectivity index (χ0v) is 48.9. The molecule has 69 heavy (non-hydrogen) atoms. The summed E-state index contributed by atoms with van der Waals surface area (Å²) in [5.74, 6) is 0. The minimum atomic E-state index is 0.997. The summed E-state index contributed by atoms with van der Waals surface area (Å²) in [6.07, 6.45) is 39.5. The van der Waals surface area contributed by atoms with Crippen molar-refractivity contribution in [3.63, 3.8) is 0 Å². The molecule has 0 aliphatic carbocycles. The number of hydrogen-bond acceptors (Lipinski definition) is 2. The Labute approximate surface area is 436 Å². The van der Waals surface area contributed by atoms with Crippen molar-refractivity contribution in [1.82, 2.24) is 0 Å². The fourth-order valence-electron chi connectivity index (χ4n) is 10.2. The molecule has 0 unspecified atom stereocenters. The number of benzene rings is 2. The first-order valence-corrected chi connectivity index (χ1v) is 31.2. The zero-order valence-electron chi connectivity index (χ0n) is 47.9. The van der Waals surface area contributed by atoms with Gasteiger partial charge in [-0.05, 0) is 137 Å². The van der Waals surface area contributed by atoms with Gasteiger partial charge in [0.05, 0.1) is 0 Å². The molecule has 3 rings (SSSR count). The van der Waals surface area contributed by atoms with Crippen molar-refractivity contribution >= 4 is 22.8 Å². The predicted octanol–water partition coefficient (Wildman–Crippen LogP) is 20.9. The molecule has 0 amide bonds. The summed E-state index contributed by atoms with van der Waals surface area (Å²) in [5.41, 5.74) is 29.1. The van der Waals surface area contributed by atoms with Crippen LogP contribution in [0.1, 0.15) is 282 Å². The van der Waals surface area contributed by atoms with Crippen LogP contribution in [0.2, 0.25) is 10.8 Å². The van der Waals surface area contributed by atoms with Crippen LogP contribution in [0, 0.1) is 0 Å². The van der Waals surface area contributed by atoms with E-state index in [1.54, 1.807) is 4.70 Å². The van der Waals surface area contributed by atoms with Gasteiger partial charge in [0.15, 0.2) is 0 Å². The number of hydrogen-bond donors (Lipinski definition) is 0. The quantitative estimate of drug-likeness (QED) is 0.0379. The second-order valence-corrected chi connectivity index (χ2v) is 22.1. The summed E-state index contributed by atoms with van der Waals surface area (Å²) in [6, 6.07) is 10.0. The Balaban J connectivity index is 0.00000131. The number of anilines is 2. The van der Waals surface area contributed by atoms with Crippen LogP contribution in [0.5, 0.6) is 0 Å². The molecule has 0 fully saturated rings. The molecule has 4 nitrogen and oxygen atoms in total. The second-order valence-electron chi connectivity index (χ2n) is 20.6. The van der Waals surface area contributed by atoms with Crippen molar-refractivity contribution < 1.29 is 19.1 Å². The minimum absolute atomic E-state index is 0.997. The molecule has 398 valence electrons. The molecule has 0 aromatic heterocycles. The summed E-state index contributed by atoms with van der Waals surface area (Å²) < 4.78 is 1.70. The average Bonchev–Trinajstić information content (AvgIpc) is 3.64. The Kier molecular flexibility index (Phi) is 35.6. The van der Waals surface area contributed by atoms with Crippen LogP contribution < -0.4 is 9.80 Å². The SMILES string of the molecule is CCCCCCc1cc(C2=C(CCCC)C(CCCC)=C(c3cc(CCCCCC)c(N(C)CC)c(CCCCCC)c3)[N+]2=[N-])cc(CCCCCC)c1N(C)CC.CCCC[CH2][Ni][CH2]CCCC. The van der Waals surface area contributed by atoms with Crippen LogP contribution in [0.3, 0.4) is 0 Å². The van der Waals surface area contributed by atoms with E-state index < -0.39 is 0 Å². The molecule has 1 aliphatic heterocycles. The van der Waals surface area contributed by atoms with Gasteiger partial charge in [0, 0.05) is 60.8 Å². The normalized spacial score (nSPS) is 12.7. The van der Waals surface area contributed by atoms with Crippen LogP contribution in [0.25, 0.3) is 16.9 Å². The Morgan fingerprint density at radius 1 is 0.362 bits per heavy atom. The summed E-state index contributed by atoms with van der Waals surface area (Å²) in [4.78, 5) is 5.00. The van der Waals surface area contributed by atoms with Crippen LogP contribution >= 0.6 is 0 Å². The first-order chi connectivity index (χ1) is 33.7. The molecule has 0 atom stereocenters. The first kappa shape index (κ1) is 62.7. The van der Waals surface area contributed by atoms with E-state index in [4.69, 9.17) is 0 Å². The zero-order chi connectivity index (χ0) is 50.7. The molecule has 2 aromatic carbocycles. The Morgan fingerprint density at radius 3 is 0.899 bits per heavy atom. The first-order valence-electron chi connectivity index (χ1n) is 29.8. The summed E-state index contributed by atoms with van der Waals surface area (Å²) in [7, 11) is 4.59. The molecule has 0 radical (unpaired) electrons. The second kappa shape index (κ2) is 39.2. The van der Waals surface area contributed by atoms with E-state index in [0.29, 0.717) is 0 Å². The van der Waals surface area contributed by atoms with Gasteiger partial charge in [-0.15, -0.1) is 0 Å². The van der Waals surface area contributed by atoms with E-state index in [9.17, 15) is 5.53 Å². The van der Waals surface area contributed by atoms with Gasteiger partial charge in [0.2, 0.25) is 11.4 Å². The van der Waals surface area contributed by atoms with Gasteiger partial charge < -0.3 is 15.3 Å². The number of unbranched alkanes of at least 4 members (excludes halogenated alkanes) is 18. The molecule has 0 saturated heterocycles. The number of aryl methyl sites for hydroxylation is 4. The average molecular weight is 996 g/mol. The number of allylic oxidation sites excluding steroid dienone is 2. The maximum absolute atomic E-state index is 13.0. The molecule has 5 heteroatoms. The van der Waals surface area contributed by atoms with Crippen LogP contribution in [-0.2, 0) is 40.1 Å². The van der Waals surface area contributed by atoms with Gasteiger partial charge in [-0.2, -0.15) is 0 Å². The summed E-state index contributed by atoms with van der Waals surface area (Å²) >= 11 is 1.97. The van der Waals surface area contributed by atoms with Crippen LogP contribution in [0.15, 0.2) is 35.4 Å². The third kappa shape index (κ3) is 22.1. The molecular formula is C64H112N4Ni. The standard InChI is InChI=1S/C54H90N4.2C5H11.Ni/c1-11-19-25-29-33-43-39-47(40-44(34-30-26-20-12-2)51(43)56(9)17-7)53-49(37-23-15-5)50(38-24-16-6)54(58(53)55)48-41-45(35-31-27-21-13-3)52(57(10)18-8)46(42-48)36-32-28-22-14-4;2*1-3-5-4-2;/h39-42H,11-38H2,1-10H3;2*1,3-5H2,2H3;. The Morgan fingerprint density at radius 2 is 0.638 bits per heavy atom. The van der Waals surface area contributed by atoms with E-state index in [2.05, 4.69) is 117 Å². The summed E-state index contributed by atoms with van der Waals surface area (Å²) in [5, 5.41) is 2.81. The molecule has 2 aromatic rings. The van der Waals surface area contributed by atoms with Crippen molar-refractivity contribution in [3.05, 3.63) is 74.3 Å². The van der Waals surface area contributed by atoms with Gasteiger partial charge in [0.1, 0.15) is 0 Å². The molecule has 1 aliphatic rings. The molecule has 0 spiro atoms. The van der Waals surface area contributed by atoms with Crippen LogP contribution in [-0.4, -0.2) is 31.9 Å². The van der Waals surface area contributed by atoms with Crippen molar-refractivity contribution in [3.8, 4) is 0 Å². The topological polar surface area (TPSA) is 31.8 Å². The molecule has 0 bridgehead atoms. The van der Waals surface area contributed by atoms with Gasteiger partial charge in [-0.25, -0.2) is 4.70 Å². The van der Waals surface area contributed by atoms with Gasteiger partial charge in [-0.3, -0.25) is 0 Å². The Hall–Kier alpha value is -2.39. The van der Waals surface area contributed by atoms with Crippen molar-refractivity contribution in [2.24, 2.45) is 0 Å². The van der Waals surface area contributed by atoms with E-state index in [1.165, 1.54) is 208 Å². The van der Waals surface area contributed by atoms with Gasteiger partial charge in [-0.1, -0.05) is 131 Å². The fraction of sp³-hybridized carbons (Fsp3) is 0.750. The monoisotopic (exact) mass is 995 g/mol. The van der Waals surface area contributed by atoms with Crippen molar-refractivity contribution in [1.29, 1.82) is 0 Å². The molecule has 1 heterocycles. The molecule has 0 N–H and O–H groups in total. The molecule has 0 saturated carbocycles. The van der Waals surface area contributed by atoms with E-state index in [0.717, 1.165) is 88.7 Å². The number of nitrogens with zero attached hydrogens (tertiary/aromatic N) is 4. The van der Waals surface area contributed by atoms with Crippen molar-refractivity contribution in [2.75, 3.05) is 37.0 Å². The van der Waals surface area contributed by atoms with Crippen LogP contribution in [0.4, 0.5) is 11.4 Å². The third-order valence-corrected chi connectivity index (χ3v) is 16.0. The predicted molar refractivity (Wildman–Crippen MR) is 307 cm³/mol. The Bertz CT molecular complexity index is 1550. The fourth-order valence-corrected chi connectivity index (χ4v) is 11.4. The van der Waals surface area contributed by atoms with E-state index in [-0.39, 0.29) is 0 Å². The van der Waals surface area contributed by atoms with Crippen molar-refractivity contribution in [2.45, 2.75) is 285 Å². The maximum atomic E-state index is 13.0. The van der Waals surface area contributed by atoms with E-state index in [1.807, 2.05) is 14.4 Å². The summed E-state index contributed by atoms with van der Waals surface area (Å²) in [6.45, 7) is 25.0. The van der Waals surface area contributed by atoms with Gasteiger partial charge in [0.25, 0.3) is 0 Å². The van der Waals surface area contributed by atoms with E-state index >= 15 is 0 Å². The molecular weight excluding hydrogens is 883 g/mol.